The summed E-state index contributed by atoms with van der Waals surface area (Å²) < 4.78 is 10.9. The van der Waals surface area contributed by atoms with Crippen LogP contribution in [-0.4, -0.2) is 17.1 Å². The molecule has 0 unspecified atom stereocenters. The van der Waals surface area contributed by atoms with Crippen molar-refractivity contribution in [3.05, 3.63) is 36.5 Å². The van der Waals surface area contributed by atoms with Gasteiger partial charge in [0.05, 0.1) is 25.2 Å². The molecule has 0 bridgehead atoms. The number of methoxy groups -OCH3 is 1. The molecule has 0 aliphatic rings. The molecule has 0 atom stereocenters. The summed E-state index contributed by atoms with van der Waals surface area (Å²) in [7, 11) is 1.65. The second-order valence-electron chi connectivity index (χ2n) is 3.91. The summed E-state index contributed by atoms with van der Waals surface area (Å²) in [6.45, 7) is 0.291. The molecule has 0 spiro atoms. The number of H-pyrrole nitrogens is 1. The van der Waals surface area contributed by atoms with E-state index in [-0.39, 0.29) is 0 Å². The summed E-state index contributed by atoms with van der Waals surface area (Å²) >= 11 is 0. The molecule has 3 rings (SSSR count). The Morgan fingerprint density at radius 3 is 3.06 bits per heavy atom. The number of nitrogens with zero attached hydrogens (tertiary/aromatic N) is 1. The lowest BCUT2D eigenvalue weighted by atomic mass is 10.1. The van der Waals surface area contributed by atoms with Gasteiger partial charge < -0.3 is 19.9 Å². The molecular formula is C13H13N3O2. The molecule has 5 heteroatoms. The molecule has 0 saturated heterocycles. The van der Waals surface area contributed by atoms with Gasteiger partial charge in [0.1, 0.15) is 5.75 Å². The predicted molar refractivity (Wildman–Crippen MR) is 68.2 cm³/mol. The summed E-state index contributed by atoms with van der Waals surface area (Å²) in [5.41, 5.74) is 7.42. The van der Waals surface area contributed by atoms with Crippen molar-refractivity contribution in [1.82, 2.24) is 9.97 Å². The molecule has 3 N–H and O–H groups in total. The van der Waals surface area contributed by atoms with Gasteiger partial charge in [-0.2, -0.15) is 0 Å². The van der Waals surface area contributed by atoms with Gasteiger partial charge in [0.2, 0.25) is 5.89 Å². The molecule has 2 heterocycles. The lowest BCUT2D eigenvalue weighted by molar-refractivity contribution is 0.420. The highest BCUT2D eigenvalue weighted by molar-refractivity contribution is 5.98. The molecule has 2 aromatic heterocycles. The summed E-state index contributed by atoms with van der Waals surface area (Å²) in [6.07, 6.45) is 3.56. The van der Waals surface area contributed by atoms with Crippen LogP contribution in [0.2, 0.25) is 0 Å². The second-order valence-corrected chi connectivity index (χ2v) is 3.91. The van der Waals surface area contributed by atoms with Crippen LogP contribution in [0, 0.1) is 0 Å². The molecule has 0 aliphatic heterocycles. The topological polar surface area (TPSA) is 77.1 Å². The van der Waals surface area contributed by atoms with E-state index in [1.165, 1.54) is 0 Å². The predicted octanol–water partition coefficient (Wildman–Crippen LogP) is 2.29. The van der Waals surface area contributed by atoms with Crippen molar-refractivity contribution in [2.75, 3.05) is 7.11 Å². The van der Waals surface area contributed by atoms with Crippen molar-refractivity contribution in [1.29, 1.82) is 0 Å². The highest BCUT2D eigenvalue weighted by atomic mass is 16.5. The number of hydrogen-bond donors (Lipinski definition) is 2. The van der Waals surface area contributed by atoms with E-state index < -0.39 is 0 Å². The first-order chi connectivity index (χ1) is 8.83. The lowest BCUT2D eigenvalue weighted by Gasteiger charge is -2.02. The van der Waals surface area contributed by atoms with E-state index in [4.69, 9.17) is 14.9 Å². The Hall–Kier alpha value is -2.27. The van der Waals surface area contributed by atoms with Crippen LogP contribution in [0.5, 0.6) is 5.75 Å². The van der Waals surface area contributed by atoms with E-state index in [2.05, 4.69) is 9.97 Å². The number of benzene rings is 1. The maximum atomic E-state index is 5.57. The van der Waals surface area contributed by atoms with Crippen LogP contribution in [0.3, 0.4) is 0 Å². The fraction of sp³-hybridized carbons (Fsp3) is 0.154. The van der Waals surface area contributed by atoms with Crippen molar-refractivity contribution in [3.8, 4) is 17.1 Å². The van der Waals surface area contributed by atoms with E-state index >= 15 is 0 Å². The van der Waals surface area contributed by atoms with Crippen molar-refractivity contribution in [3.63, 3.8) is 0 Å². The maximum absolute atomic E-state index is 5.57. The molecular weight excluding hydrogens is 230 g/mol. The van der Waals surface area contributed by atoms with Crippen LogP contribution in [0.1, 0.15) is 5.89 Å². The van der Waals surface area contributed by atoms with Gasteiger partial charge >= 0.3 is 0 Å². The zero-order chi connectivity index (χ0) is 12.5. The number of fused-ring (bicyclic) bond motifs is 1. The Morgan fingerprint density at radius 1 is 1.44 bits per heavy atom. The van der Waals surface area contributed by atoms with Gasteiger partial charge in [-0.1, -0.05) is 6.07 Å². The largest absolute Gasteiger partial charge is 0.496 e. The molecule has 3 aromatic rings. The molecule has 18 heavy (non-hydrogen) atoms. The smallest absolute Gasteiger partial charge is 0.208 e. The molecule has 0 radical (unpaired) electrons. The average Bonchev–Trinajstić information content (AvgIpc) is 3.03. The molecule has 5 nitrogen and oxygen atoms in total. The summed E-state index contributed by atoms with van der Waals surface area (Å²) in [4.78, 5) is 7.30. The fourth-order valence-corrected chi connectivity index (χ4v) is 2.04. The molecule has 0 fully saturated rings. The number of nitrogens with one attached hydrogen (secondary N) is 1. The first-order valence-corrected chi connectivity index (χ1v) is 5.62. The second kappa shape index (κ2) is 4.19. The van der Waals surface area contributed by atoms with Crippen molar-refractivity contribution >= 4 is 10.9 Å². The van der Waals surface area contributed by atoms with E-state index in [0.29, 0.717) is 18.2 Å². The lowest BCUT2D eigenvalue weighted by Crippen LogP contribution is -1.94. The minimum Gasteiger partial charge on any atom is -0.496 e. The number of nitrogens with two attached hydrogens (primary N) is 1. The van der Waals surface area contributed by atoms with Gasteiger partial charge in [0, 0.05) is 17.3 Å². The number of oxazole rings is 1. The normalized spacial score (nSPS) is 11.0. The van der Waals surface area contributed by atoms with E-state index in [0.717, 1.165) is 22.2 Å². The monoisotopic (exact) mass is 243 g/mol. The molecule has 0 saturated carbocycles. The van der Waals surface area contributed by atoms with Crippen LogP contribution >= 0.6 is 0 Å². The fourth-order valence-electron chi connectivity index (χ4n) is 2.04. The molecule has 1 aromatic carbocycles. The average molecular weight is 243 g/mol. The maximum Gasteiger partial charge on any atom is 0.208 e. The quantitative estimate of drug-likeness (QED) is 0.739. The van der Waals surface area contributed by atoms with Crippen LogP contribution in [0.25, 0.3) is 22.2 Å². The molecule has 0 amide bonds. The zero-order valence-electron chi connectivity index (χ0n) is 9.93. The third kappa shape index (κ3) is 1.56. The highest BCUT2D eigenvalue weighted by Crippen LogP contribution is 2.35. The van der Waals surface area contributed by atoms with E-state index in [1.807, 2.05) is 24.4 Å². The first-order valence-electron chi connectivity index (χ1n) is 5.62. The highest BCUT2D eigenvalue weighted by Gasteiger charge is 2.14. The Labute approximate surface area is 104 Å². The van der Waals surface area contributed by atoms with Crippen molar-refractivity contribution in [2.45, 2.75) is 6.54 Å². The third-order valence-corrected chi connectivity index (χ3v) is 2.88. The number of ether oxygens (including phenoxy) is 1. The number of hydrogen-bond acceptors (Lipinski definition) is 4. The van der Waals surface area contributed by atoms with Crippen LogP contribution < -0.4 is 10.5 Å². The summed E-state index contributed by atoms with van der Waals surface area (Å²) in [5.74, 6) is 2.01. The molecule has 0 aliphatic carbocycles. The SMILES string of the molecule is COc1cccc2[nH]cc(-c3cnc(CN)o3)c12. The zero-order valence-corrected chi connectivity index (χ0v) is 9.93. The van der Waals surface area contributed by atoms with Crippen molar-refractivity contribution < 1.29 is 9.15 Å². The van der Waals surface area contributed by atoms with Gasteiger partial charge in [-0.25, -0.2) is 4.98 Å². The van der Waals surface area contributed by atoms with Crippen LogP contribution in [0.15, 0.2) is 35.0 Å². The van der Waals surface area contributed by atoms with Gasteiger partial charge in [-0.05, 0) is 12.1 Å². The first kappa shape index (κ1) is 10.9. The van der Waals surface area contributed by atoms with Crippen LogP contribution in [0.4, 0.5) is 0 Å². The number of aromatic amines is 1. The van der Waals surface area contributed by atoms with Crippen LogP contribution in [-0.2, 0) is 6.54 Å². The van der Waals surface area contributed by atoms with E-state index in [1.54, 1.807) is 13.3 Å². The standard InChI is InChI=1S/C13H13N3O2/c1-17-10-4-2-3-9-13(10)8(6-15-9)11-7-16-12(5-14)18-11/h2-4,6-7,15H,5,14H2,1H3. The Balaban J connectivity index is 2.22. The summed E-state index contributed by atoms with van der Waals surface area (Å²) in [5, 5.41) is 0.986. The Kier molecular flexibility index (Phi) is 2.53. The molecule has 92 valence electrons. The Morgan fingerprint density at radius 2 is 2.33 bits per heavy atom. The minimum atomic E-state index is 0.291. The Bertz CT molecular complexity index is 684. The third-order valence-electron chi connectivity index (χ3n) is 2.88. The number of aromatic nitrogens is 2. The van der Waals surface area contributed by atoms with Gasteiger partial charge in [0.25, 0.3) is 0 Å². The van der Waals surface area contributed by atoms with Gasteiger partial charge in [-0.15, -0.1) is 0 Å². The minimum absolute atomic E-state index is 0.291. The number of rotatable bonds is 3. The van der Waals surface area contributed by atoms with Gasteiger partial charge in [0.15, 0.2) is 5.76 Å². The van der Waals surface area contributed by atoms with Gasteiger partial charge in [-0.3, -0.25) is 0 Å². The van der Waals surface area contributed by atoms with E-state index in [9.17, 15) is 0 Å². The summed E-state index contributed by atoms with van der Waals surface area (Å²) in [6, 6.07) is 5.84. The van der Waals surface area contributed by atoms with Crippen molar-refractivity contribution in [2.24, 2.45) is 5.73 Å².